The highest BCUT2D eigenvalue weighted by Crippen LogP contribution is 2.24. The van der Waals surface area contributed by atoms with E-state index in [9.17, 15) is 4.79 Å². The summed E-state index contributed by atoms with van der Waals surface area (Å²) in [6, 6.07) is 7.37. The maximum absolute atomic E-state index is 12.3. The highest BCUT2D eigenvalue weighted by atomic mass is 32.2. The normalized spacial score (nSPS) is 13.5. The molecule has 0 saturated heterocycles. The van der Waals surface area contributed by atoms with Gasteiger partial charge in [0.05, 0.1) is 12.4 Å². The lowest BCUT2D eigenvalue weighted by Crippen LogP contribution is -2.36. The van der Waals surface area contributed by atoms with Crippen LogP contribution in [-0.2, 0) is 11.8 Å². The number of imidazole rings is 1. The average Bonchev–Trinajstić information content (AvgIpc) is 2.97. The summed E-state index contributed by atoms with van der Waals surface area (Å²) in [4.78, 5) is 16.7. The Hall–Kier alpha value is -1.95. The lowest BCUT2D eigenvalue weighted by Gasteiger charge is -2.21. The second-order valence-electron chi connectivity index (χ2n) is 4.99. The van der Waals surface area contributed by atoms with Crippen molar-refractivity contribution in [2.24, 2.45) is 7.05 Å². The number of rotatable bonds is 6. The Bertz CT molecular complexity index is 642. The number of carbonyl (C=O) groups excluding carboxylic acids is 1. The minimum Gasteiger partial charge on any atom is -0.497 e. The summed E-state index contributed by atoms with van der Waals surface area (Å²) >= 11 is 1.52. The molecular weight excluding hydrogens is 298 g/mol. The minimum absolute atomic E-state index is 0.0108. The molecule has 2 aromatic rings. The molecule has 1 heterocycles. The lowest BCUT2D eigenvalue weighted by molar-refractivity contribution is -0.120. The van der Waals surface area contributed by atoms with Gasteiger partial charge in [-0.1, -0.05) is 12.1 Å². The third-order valence-corrected chi connectivity index (χ3v) is 4.47. The predicted molar refractivity (Wildman–Crippen MR) is 89.2 cm³/mol. The molecule has 6 heteroatoms. The summed E-state index contributed by atoms with van der Waals surface area (Å²) in [5.74, 6) is 1.53. The fourth-order valence-electron chi connectivity index (χ4n) is 2.14. The van der Waals surface area contributed by atoms with Crippen molar-refractivity contribution < 1.29 is 9.53 Å². The van der Waals surface area contributed by atoms with Gasteiger partial charge in [-0.25, -0.2) is 4.98 Å². The third-order valence-electron chi connectivity index (χ3n) is 3.55. The standard InChI is InChI=1S/C16H21N3O2S/c1-11(22-4)16(20)18-14(15-17-8-9-19(15)2)12-6-5-7-13(10-12)21-3/h5-11,14H,1-4H3,(H,18,20)/t11-,14-/m1/s1. The first-order chi connectivity index (χ1) is 10.6. The van der Waals surface area contributed by atoms with Crippen LogP contribution in [0.25, 0.3) is 0 Å². The zero-order valence-electron chi connectivity index (χ0n) is 13.2. The predicted octanol–water partition coefficient (Wildman–Crippen LogP) is 2.39. The van der Waals surface area contributed by atoms with Crippen LogP contribution < -0.4 is 10.1 Å². The van der Waals surface area contributed by atoms with E-state index >= 15 is 0 Å². The molecule has 0 saturated carbocycles. The Morgan fingerprint density at radius 2 is 2.23 bits per heavy atom. The maximum Gasteiger partial charge on any atom is 0.233 e. The quantitative estimate of drug-likeness (QED) is 0.888. The molecule has 0 bridgehead atoms. The molecule has 118 valence electrons. The average molecular weight is 319 g/mol. The van der Waals surface area contributed by atoms with E-state index in [-0.39, 0.29) is 17.2 Å². The molecule has 0 radical (unpaired) electrons. The summed E-state index contributed by atoms with van der Waals surface area (Å²) in [5.41, 5.74) is 0.940. The van der Waals surface area contributed by atoms with Crippen LogP contribution in [0, 0.1) is 0 Å². The molecule has 5 nitrogen and oxygen atoms in total. The van der Waals surface area contributed by atoms with E-state index in [1.54, 1.807) is 13.3 Å². The van der Waals surface area contributed by atoms with Crippen LogP contribution in [0.4, 0.5) is 0 Å². The third kappa shape index (κ3) is 3.62. The molecule has 1 amide bonds. The number of thioether (sulfide) groups is 1. The fraction of sp³-hybridized carbons (Fsp3) is 0.375. The number of hydrogen-bond donors (Lipinski definition) is 1. The van der Waals surface area contributed by atoms with E-state index in [2.05, 4.69) is 10.3 Å². The van der Waals surface area contributed by atoms with Gasteiger partial charge in [-0.05, 0) is 30.9 Å². The molecular formula is C16H21N3O2S. The summed E-state index contributed by atoms with van der Waals surface area (Å²) in [6.07, 6.45) is 5.52. The van der Waals surface area contributed by atoms with Gasteiger partial charge in [0.15, 0.2) is 0 Å². The Morgan fingerprint density at radius 1 is 1.45 bits per heavy atom. The van der Waals surface area contributed by atoms with Crippen LogP contribution in [0.3, 0.4) is 0 Å². The highest BCUT2D eigenvalue weighted by molar-refractivity contribution is 7.99. The molecule has 1 aromatic heterocycles. The van der Waals surface area contributed by atoms with Gasteiger partial charge in [0.1, 0.15) is 17.6 Å². The minimum atomic E-state index is -0.308. The molecule has 2 rings (SSSR count). The molecule has 0 aliphatic rings. The summed E-state index contributed by atoms with van der Waals surface area (Å²) < 4.78 is 7.19. The van der Waals surface area contributed by atoms with Crippen molar-refractivity contribution in [2.75, 3.05) is 13.4 Å². The number of aromatic nitrogens is 2. The van der Waals surface area contributed by atoms with Gasteiger partial charge in [-0.2, -0.15) is 11.8 Å². The van der Waals surface area contributed by atoms with E-state index in [0.717, 1.165) is 17.1 Å². The number of aryl methyl sites for hydroxylation is 1. The number of methoxy groups -OCH3 is 1. The maximum atomic E-state index is 12.3. The van der Waals surface area contributed by atoms with E-state index in [4.69, 9.17) is 4.74 Å². The number of nitrogens with one attached hydrogen (secondary N) is 1. The summed E-state index contributed by atoms with van der Waals surface area (Å²) in [5, 5.41) is 2.96. The van der Waals surface area contributed by atoms with Crippen molar-refractivity contribution in [1.82, 2.24) is 14.9 Å². The lowest BCUT2D eigenvalue weighted by atomic mass is 10.1. The van der Waals surface area contributed by atoms with Crippen molar-refractivity contribution in [3.63, 3.8) is 0 Å². The van der Waals surface area contributed by atoms with Crippen molar-refractivity contribution in [3.05, 3.63) is 48.0 Å². The molecule has 0 aliphatic heterocycles. The van der Waals surface area contributed by atoms with Gasteiger partial charge in [0, 0.05) is 19.4 Å². The van der Waals surface area contributed by atoms with Crippen molar-refractivity contribution in [2.45, 2.75) is 18.2 Å². The van der Waals surface area contributed by atoms with Crippen LogP contribution >= 0.6 is 11.8 Å². The highest BCUT2D eigenvalue weighted by Gasteiger charge is 2.23. The van der Waals surface area contributed by atoms with Gasteiger partial charge >= 0.3 is 0 Å². The van der Waals surface area contributed by atoms with Crippen LogP contribution in [0.5, 0.6) is 5.75 Å². The summed E-state index contributed by atoms with van der Waals surface area (Å²) in [7, 11) is 3.54. The molecule has 0 fully saturated rings. The van der Waals surface area contributed by atoms with Gasteiger partial charge in [-0.3, -0.25) is 4.79 Å². The molecule has 0 aliphatic carbocycles. The van der Waals surface area contributed by atoms with E-state index in [0.29, 0.717) is 0 Å². The smallest absolute Gasteiger partial charge is 0.233 e. The molecule has 0 spiro atoms. The summed E-state index contributed by atoms with van der Waals surface area (Å²) in [6.45, 7) is 1.89. The molecule has 1 aromatic carbocycles. The zero-order valence-corrected chi connectivity index (χ0v) is 14.1. The number of carbonyl (C=O) groups is 1. The van der Waals surface area contributed by atoms with Gasteiger partial charge in [0.2, 0.25) is 5.91 Å². The number of ether oxygens (including phenoxy) is 1. The SMILES string of the molecule is COc1cccc([C@@H](NC(=O)[C@@H](C)SC)c2nccn2C)c1. The largest absolute Gasteiger partial charge is 0.497 e. The Labute approximate surface area is 135 Å². The fourth-order valence-corrected chi connectivity index (χ4v) is 2.42. The molecule has 22 heavy (non-hydrogen) atoms. The topological polar surface area (TPSA) is 56.1 Å². The first kappa shape index (κ1) is 16.4. The number of amides is 1. The second kappa shape index (κ2) is 7.35. The van der Waals surface area contributed by atoms with Gasteiger partial charge < -0.3 is 14.6 Å². The molecule has 2 atom stereocenters. The van der Waals surface area contributed by atoms with Crippen molar-refractivity contribution in [1.29, 1.82) is 0 Å². The van der Waals surface area contributed by atoms with E-state index in [1.807, 2.05) is 55.3 Å². The van der Waals surface area contributed by atoms with Crippen LogP contribution in [-0.4, -0.2) is 34.1 Å². The van der Waals surface area contributed by atoms with Gasteiger partial charge in [0.25, 0.3) is 0 Å². The van der Waals surface area contributed by atoms with Crippen LogP contribution in [0.1, 0.15) is 24.4 Å². The van der Waals surface area contributed by atoms with Crippen molar-refractivity contribution in [3.8, 4) is 5.75 Å². The van der Waals surface area contributed by atoms with E-state index < -0.39 is 0 Å². The number of benzene rings is 1. The number of hydrogen-bond acceptors (Lipinski definition) is 4. The molecule has 0 unspecified atom stereocenters. The van der Waals surface area contributed by atoms with Crippen LogP contribution in [0.2, 0.25) is 0 Å². The molecule has 1 N–H and O–H groups in total. The first-order valence-corrected chi connectivity index (χ1v) is 8.30. The van der Waals surface area contributed by atoms with E-state index in [1.165, 1.54) is 11.8 Å². The first-order valence-electron chi connectivity index (χ1n) is 7.01. The zero-order chi connectivity index (χ0) is 16.1. The van der Waals surface area contributed by atoms with Gasteiger partial charge in [-0.15, -0.1) is 0 Å². The van der Waals surface area contributed by atoms with Crippen LogP contribution in [0.15, 0.2) is 36.7 Å². The number of nitrogens with zero attached hydrogens (tertiary/aromatic N) is 2. The van der Waals surface area contributed by atoms with Crippen molar-refractivity contribution >= 4 is 17.7 Å². The Balaban J connectivity index is 2.37. The second-order valence-corrected chi connectivity index (χ2v) is 6.17. The monoisotopic (exact) mass is 319 g/mol. The Morgan fingerprint density at radius 3 is 2.82 bits per heavy atom. The Kier molecular flexibility index (Phi) is 5.49.